The van der Waals surface area contributed by atoms with Crippen LogP contribution < -0.4 is 11.1 Å². The summed E-state index contributed by atoms with van der Waals surface area (Å²) in [5, 5.41) is 1.46. The van der Waals surface area contributed by atoms with E-state index in [1.54, 1.807) is 0 Å². The molecule has 0 fully saturated rings. The van der Waals surface area contributed by atoms with Gasteiger partial charge in [0.05, 0.1) is 16.4 Å². The van der Waals surface area contributed by atoms with Crippen molar-refractivity contribution in [2.45, 2.75) is 12.4 Å². The molecule has 0 aromatic carbocycles. The molecular formula is C9H6BrF6N3O. The van der Waals surface area contributed by atoms with E-state index in [1.165, 1.54) is 11.4 Å². The van der Waals surface area contributed by atoms with Crippen LogP contribution in [0.15, 0.2) is 16.7 Å². The predicted molar refractivity (Wildman–Crippen MR) is 60.6 cm³/mol. The van der Waals surface area contributed by atoms with E-state index in [-0.39, 0.29) is 10.2 Å². The molecule has 1 aromatic rings. The Morgan fingerprint density at radius 3 is 2.15 bits per heavy atom. The van der Waals surface area contributed by atoms with Gasteiger partial charge in [0.15, 0.2) is 0 Å². The zero-order valence-corrected chi connectivity index (χ0v) is 10.9. The molecule has 1 rings (SSSR count). The topological polar surface area (TPSA) is 68.0 Å². The second-order valence-corrected chi connectivity index (χ2v) is 4.46. The first-order valence-electron chi connectivity index (χ1n) is 4.78. The van der Waals surface area contributed by atoms with E-state index in [1.807, 2.05) is 0 Å². The van der Waals surface area contributed by atoms with Gasteiger partial charge < -0.3 is 11.1 Å². The van der Waals surface area contributed by atoms with Crippen molar-refractivity contribution in [3.8, 4) is 0 Å². The van der Waals surface area contributed by atoms with Crippen molar-refractivity contribution in [3.05, 3.63) is 16.7 Å². The molecular weight excluding hydrogens is 360 g/mol. The van der Waals surface area contributed by atoms with E-state index in [2.05, 4.69) is 20.9 Å². The summed E-state index contributed by atoms with van der Waals surface area (Å²) < 4.78 is 73.8. The van der Waals surface area contributed by atoms with Crippen molar-refractivity contribution in [2.24, 2.45) is 5.92 Å². The molecule has 0 bridgehead atoms. The number of aromatic nitrogens is 1. The second kappa shape index (κ2) is 5.46. The molecule has 0 saturated carbocycles. The molecule has 0 unspecified atom stereocenters. The minimum atomic E-state index is -5.76. The fourth-order valence-electron chi connectivity index (χ4n) is 1.22. The van der Waals surface area contributed by atoms with Gasteiger partial charge in [-0.05, 0) is 22.0 Å². The van der Waals surface area contributed by atoms with Gasteiger partial charge in [-0.15, -0.1) is 0 Å². The number of nitrogens with one attached hydrogen (secondary N) is 1. The third-order valence-electron chi connectivity index (χ3n) is 2.02. The summed E-state index contributed by atoms with van der Waals surface area (Å²) in [6.45, 7) is 0. The lowest BCUT2D eigenvalue weighted by atomic mass is 10.1. The van der Waals surface area contributed by atoms with Crippen molar-refractivity contribution in [1.29, 1.82) is 0 Å². The number of pyridine rings is 1. The zero-order valence-electron chi connectivity index (χ0n) is 9.31. The van der Waals surface area contributed by atoms with Gasteiger partial charge in [0.25, 0.3) is 0 Å². The number of carbonyl (C=O) groups is 1. The van der Waals surface area contributed by atoms with E-state index >= 15 is 0 Å². The van der Waals surface area contributed by atoms with Gasteiger partial charge >= 0.3 is 12.4 Å². The van der Waals surface area contributed by atoms with Gasteiger partial charge in [-0.1, -0.05) is 0 Å². The molecule has 3 N–H and O–H groups in total. The lowest BCUT2D eigenvalue weighted by Gasteiger charge is -2.22. The molecule has 0 aliphatic rings. The first-order chi connectivity index (χ1) is 8.93. The average molecular weight is 366 g/mol. The summed E-state index contributed by atoms with van der Waals surface area (Å²) in [5.41, 5.74) is 5.40. The SMILES string of the molecule is Nc1cnc(NC(=O)C(C(F)(F)F)C(F)(F)F)c(Br)c1. The van der Waals surface area contributed by atoms with Gasteiger partial charge in [0, 0.05) is 0 Å². The number of amides is 1. The van der Waals surface area contributed by atoms with E-state index in [9.17, 15) is 31.1 Å². The molecule has 0 aliphatic heterocycles. The van der Waals surface area contributed by atoms with E-state index in [0.717, 1.165) is 6.20 Å². The Morgan fingerprint density at radius 1 is 1.25 bits per heavy atom. The zero-order chi connectivity index (χ0) is 15.7. The van der Waals surface area contributed by atoms with Crippen LogP contribution in [0.2, 0.25) is 0 Å². The Bertz CT molecular complexity index is 501. The van der Waals surface area contributed by atoms with Crippen LogP contribution in [-0.2, 0) is 4.79 Å². The third-order valence-corrected chi connectivity index (χ3v) is 2.63. The molecule has 0 radical (unpaired) electrons. The Labute approximate surface area is 116 Å². The summed E-state index contributed by atoms with van der Waals surface area (Å²) >= 11 is 2.81. The van der Waals surface area contributed by atoms with Gasteiger partial charge in [0.1, 0.15) is 5.82 Å². The highest BCUT2D eigenvalue weighted by Crippen LogP contribution is 2.40. The molecule has 11 heteroatoms. The molecule has 0 spiro atoms. The number of anilines is 2. The highest BCUT2D eigenvalue weighted by Gasteiger charge is 2.61. The number of nitrogens with two attached hydrogens (primary N) is 1. The molecule has 20 heavy (non-hydrogen) atoms. The maximum absolute atomic E-state index is 12.3. The normalized spacial score (nSPS) is 12.6. The van der Waals surface area contributed by atoms with Crippen molar-refractivity contribution in [2.75, 3.05) is 11.1 Å². The van der Waals surface area contributed by atoms with Crippen molar-refractivity contribution >= 4 is 33.3 Å². The number of nitrogens with zero attached hydrogens (tertiary/aromatic N) is 1. The van der Waals surface area contributed by atoms with Crippen LogP contribution in [0.5, 0.6) is 0 Å². The standard InChI is InChI=1S/C9H6BrF6N3O/c10-4-1-3(17)2-18-6(4)19-7(20)5(8(11,12)13)9(14,15)16/h1-2,5H,17H2,(H,18,19,20). The van der Waals surface area contributed by atoms with Gasteiger partial charge in [0.2, 0.25) is 11.8 Å². The number of alkyl halides is 6. The molecule has 1 aromatic heterocycles. The largest absolute Gasteiger partial charge is 0.409 e. The molecule has 0 atom stereocenters. The van der Waals surface area contributed by atoms with E-state index in [0.29, 0.717) is 0 Å². The third kappa shape index (κ3) is 3.99. The minimum Gasteiger partial charge on any atom is -0.397 e. The number of halogens is 7. The van der Waals surface area contributed by atoms with Crippen LogP contribution >= 0.6 is 15.9 Å². The van der Waals surface area contributed by atoms with Crippen LogP contribution in [0.4, 0.5) is 37.8 Å². The van der Waals surface area contributed by atoms with Crippen LogP contribution in [0.1, 0.15) is 0 Å². The highest BCUT2D eigenvalue weighted by atomic mass is 79.9. The molecule has 1 heterocycles. The van der Waals surface area contributed by atoms with Crippen LogP contribution in [-0.4, -0.2) is 23.2 Å². The summed E-state index contributed by atoms with van der Waals surface area (Å²) in [7, 11) is 0. The minimum absolute atomic E-state index is 0.0473. The molecule has 4 nitrogen and oxygen atoms in total. The summed E-state index contributed by atoms with van der Waals surface area (Å²) in [5.74, 6) is -6.91. The second-order valence-electron chi connectivity index (χ2n) is 3.60. The lowest BCUT2D eigenvalue weighted by molar-refractivity contribution is -0.272. The van der Waals surface area contributed by atoms with Gasteiger partial charge in [-0.2, -0.15) is 26.3 Å². The highest BCUT2D eigenvalue weighted by molar-refractivity contribution is 9.10. The average Bonchev–Trinajstić information content (AvgIpc) is 2.17. The molecule has 1 amide bonds. The van der Waals surface area contributed by atoms with E-state index < -0.39 is 30.0 Å². The summed E-state index contributed by atoms with van der Waals surface area (Å²) in [6.07, 6.45) is -10.6. The molecule has 112 valence electrons. The molecule has 0 aliphatic carbocycles. The monoisotopic (exact) mass is 365 g/mol. The predicted octanol–water partition coefficient (Wildman–Crippen LogP) is 3.11. The Hall–Kier alpha value is -1.52. The fourth-order valence-corrected chi connectivity index (χ4v) is 1.68. The van der Waals surface area contributed by atoms with Crippen molar-refractivity contribution in [1.82, 2.24) is 4.98 Å². The fraction of sp³-hybridized carbons (Fsp3) is 0.333. The van der Waals surface area contributed by atoms with Crippen LogP contribution in [0.25, 0.3) is 0 Å². The number of carbonyl (C=O) groups excluding carboxylic acids is 1. The number of hydrogen-bond acceptors (Lipinski definition) is 3. The first kappa shape index (κ1) is 16.5. The van der Waals surface area contributed by atoms with Crippen molar-refractivity contribution < 1.29 is 31.1 Å². The van der Waals surface area contributed by atoms with E-state index in [4.69, 9.17) is 5.73 Å². The quantitative estimate of drug-likeness (QED) is 0.791. The summed E-state index contributed by atoms with van der Waals surface area (Å²) in [6, 6.07) is 1.17. The number of nitrogen functional groups attached to an aromatic ring is 1. The maximum atomic E-state index is 12.3. The van der Waals surface area contributed by atoms with Crippen LogP contribution in [0.3, 0.4) is 0 Å². The summed E-state index contributed by atoms with van der Waals surface area (Å²) in [4.78, 5) is 14.6. The molecule has 0 saturated heterocycles. The maximum Gasteiger partial charge on any atom is 0.409 e. The lowest BCUT2D eigenvalue weighted by Crippen LogP contribution is -2.45. The Morgan fingerprint density at radius 2 is 1.75 bits per heavy atom. The van der Waals surface area contributed by atoms with Gasteiger partial charge in [-0.3, -0.25) is 4.79 Å². The van der Waals surface area contributed by atoms with Crippen LogP contribution in [0, 0.1) is 5.92 Å². The number of hydrogen-bond donors (Lipinski definition) is 2. The van der Waals surface area contributed by atoms with Gasteiger partial charge in [-0.25, -0.2) is 4.98 Å². The number of rotatable bonds is 2. The van der Waals surface area contributed by atoms with Crippen molar-refractivity contribution in [3.63, 3.8) is 0 Å². The smallest absolute Gasteiger partial charge is 0.397 e. The first-order valence-corrected chi connectivity index (χ1v) is 5.57. The Kier molecular flexibility index (Phi) is 4.52. The Balaban J connectivity index is 3.04.